The number of benzene rings is 4. The van der Waals surface area contributed by atoms with Crippen LogP contribution in [0.15, 0.2) is 95.1 Å². The van der Waals surface area contributed by atoms with Crippen LogP contribution in [0.5, 0.6) is 0 Å². The summed E-state index contributed by atoms with van der Waals surface area (Å²) in [5.74, 6) is -3.74. The molecule has 0 aliphatic rings. The van der Waals surface area contributed by atoms with E-state index in [1.54, 1.807) is 62.4 Å². The zero-order valence-electron chi connectivity index (χ0n) is 29.7. The van der Waals surface area contributed by atoms with Crippen molar-refractivity contribution in [2.45, 2.75) is 34.1 Å². The number of anilines is 4. The van der Waals surface area contributed by atoms with Crippen LogP contribution in [0, 0.1) is 66.1 Å². The van der Waals surface area contributed by atoms with Gasteiger partial charge in [0.05, 0.1) is 43.7 Å². The third-order valence-electron chi connectivity index (χ3n) is 8.40. The maximum Gasteiger partial charge on any atom is 0.301 e. The van der Waals surface area contributed by atoms with Crippen LogP contribution >= 0.6 is 0 Å². The highest BCUT2D eigenvalue weighted by molar-refractivity contribution is 6.12. The number of nitrogens with zero attached hydrogens (tertiary/aromatic N) is 6. The second-order valence-corrected chi connectivity index (χ2v) is 12.1. The predicted molar refractivity (Wildman–Crippen MR) is 204 cm³/mol. The summed E-state index contributed by atoms with van der Waals surface area (Å²) in [7, 11) is 0. The predicted octanol–water partition coefficient (Wildman–Crippen LogP) is 7.11. The second-order valence-electron chi connectivity index (χ2n) is 12.1. The molecule has 20 heteroatoms. The molecule has 4 N–H and O–H groups in total. The average Bonchev–Trinajstić information content (AvgIpc) is 3.14. The van der Waals surface area contributed by atoms with Gasteiger partial charge in [-0.05, 0) is 69.5 Å². The highest BCUT2D eigenvalue weighted by atomic mass is 16.6. The van der Waals surface area contributed by atoms with Gasteiger partial charge in [-0.3, -0.25) is 60.9 Å². The third-order valence-corrected chi connectivity index (χ3v) is 8.40. The van der Waals surface area contributed by atoms with Gasteiger partial charge < -0.3 is 10.6 Å². The van der Waals surface area contributed by atoms with Crippen molar-refractivity contribution in [3.8, 4) is 0 Å². The fourth-order valence-corrected chi connectivity index (χ4v) is 5.25. The molecule has 0 heterocycles. The first-order valence-corrected chi connectivity index (χ1v) is 16.3. The Kier molecular flexibility index (Phi) is 12.9. The molecule has 0 unspecified atom stereocenters. The Morgan fingerprint density at radius 2 is 0.927 bits per heavy atom. The van der Waals surface area contributed by atoms with Crippen LogP contribution in [0.4, 0.5) is 45.5 Å². The summed E-state index contributed by atoms with van der Waals surface area (Å²) < 4.78 is 0. The molecule has 0 radical (unpaired) electrons. The summed E-state index contributed by atoms with van der Waals surface area (Å²) in [6.07, 6.45) is -0.311. The highest BCUT2D eigenvalue weighted by Gasteiger charge is 2.33. The van der Waals surface area contributed by atoms with Crippen molar-refractivity contribution in [1.29, 1.82) is 0 Å². The Balaban J connectivity index is 1.78. The Hall–Kier alpha value is -7.64. The van der Waals surface area contributed by atoms with Crippen molar-refractivity contribution < 1.29 is 29.3 Å². The number of nitrogens with one attached hydrogen (secondary N) is 4. The molecule has 0 bridgehead atoms. The van der Waals surface area contributed by atoms with E-state index in [1.165, 1.54) is 13.8 Å². The summed E-state index contributed by atoms with van der Waals surface area (Å²) in [5, 5.41) is 60.1. The number of amides is 2. The summed E-state index contributed by atoms with van der Waals surface area (Å²) >= 11 is 0. The molecule has 4 aromatic carbocycles. The zero-order chi connectivity index (χ0) is 40.4. The fourth-order valence-electron chi connectivity index (χ4n) is 5.25. The molecule has 284 valence electrons. The first-order chi connectivity index (χ1) is 26.1. The second kappa shape index (κ2) is 17.7. The molecule has 0 aromatic heterocycles. The Morgan fingerprint density at radius 1 is 0.564 bits per heavy atom. The highest BCUT2D eigenvalue weighted by Crippen LogP contribution is 2.31. The molecule has 4 rings (SSSR count). The number of nitro benzene ring substituents is 4. The average molecular weight is 755 g/mol. The number of carbonyl (C=O) groups excluding carboxylic acids is 2. The number of non-ortho nitro benzene ring substituents is 2. The lowest BCUT2D eigenvalue weighted by molar-refractivity contribution is -0.393. The zero-order valence-corrected chi connectivity index (χ0v) is 29.7. The summed E-state index contributed by atoms with van der Waals surface area (Å²) in [6.45, 7) is 6.40. The molecule has 0 aliphatic heterocycles. The van der Waals surface area contributed by atoms with Gasteiger partial charge in [0.2, 0.25) is 11.8 Å². The minimum atomic E-state index is -1.24. The van der Waals surface area contributed by atoms with Crippen LogP contribution < -0.4 is 21.5 Å². The van der Waals surface area contributed by atoms with Gasteiger partial charge in [-0.25, -0.2) is 0 Å². The first kappa shape index (κ1) is 40.1. The van der Waals surface area contributed by atoms with E-state index in [9.17, 15) is 50.0 Å². The van der Waals surface area contributed by atoms with Gasteiger partial charge in [0.25, 0.3) is 11.4 Å². The van der Waals surface area contributed by atoms with Crippen molar-refractivity contribution in [3.63, 3.8) is 0 Å². The van der Waals surface area contributed by atoms with Crippen molar-refractivity contribution in [2.75, 3.05) is 21.5 Å². The molecule has 2 amide bonds. The maximum absolute atomic E-state index is 14.1. The third kappa shape index (κ3) is 10.2. The first-order valence-electron chi connectivity index (χ1n) is 16.3. The number of hydrazone groups is 2. The number of carbonyl (C=O) groups is 2. The smallest absolute Gasteiger partial charge is 0.301 e. The molecular formula is C35H34N10O10. The van der Waals surface area contributed by atoms with Crippen LogP contribution in [-0.2, 0) is 9.59 Å². The van der Waals surface area contributed by atoms with Gasteiger partial charge >= 0.3 is 11.4 Å². The van der Waals surface area contributed by atoms with Gasteiger partial charge in [-0.15, -0.1) is 0 Å². The summed E-state index contributed by atoms with van der Waals surface area (Å²) in [4.78, 5) is 70.9. The molecule has 20 nitrogen and oxygen atoms in total. The lowest BCUT2D eigenvalue weighted by Crippen LogP contribution is -2.37. The Bertz CT molecular complexity index is 2090. The van der Waals surface area contributed by atoms with Gasteiger partial charge in [0.15, 0.2) is 0 Å². The normalized spacial score (nSPS) is 12.5. The molecule has 0 saturated heterocycles. The SMILES string of the molecule is C/C(=N/Nc1ccc([N+](=O)[O-])cc1[N+](=O)[O-])[C@H](C[C@H](C(=O)Nc1ccccc1C)/C(C)=N/Nc1ccc([N+](=O)[O-])cc1[N+](=O)[O-])C(=O)Nc1ccccc1C. The van der Waals surface area contributed by atoms with E-state index in [-0.39, 0.29) is 29.2 Å². The number of para-hydroxylation sites is 2. The molecule has 4 aromatic rings. The monoisotopic (exact) mass is 754 g/mol. The minimum absolute atomic E-state index is 0.0409. The lowest BCUT2D eigenvalue weighted by Gasteiger charge is -2.24. The van der Waals surface area contributed by atoms with Crippen molar-refractivity contribution in [3.05, 3.63) is 137 Å². The summed E-state index contributed by atoms with van der Waals surface area (Å²) in [6, 6.07) is 19.5. The number of hydrogen-bond donors (Lipinski definition) is 4. The molecule has 55 heavy (non-hydrogen) atoms. The minimum Gasteiger partial charge on any atom is -0.325 e. The fraction of sp³-hybridized carbons (Fsp3) is 0.200. The standard InChI is InChI=1S/C35H34N10O10/c1-20-9-5-7-11-28(20)36-34(46)26(22(3)38-40-30-15-13-24(42(48)49)17-32(30)44(52)53)19-27(35(47)37-29-12-8-6-10-21(29)2)23(4)39-41-31-16-14-25(43(50)51)18-33(31)45(54)55/h5-18,26-27,40-41H,19H2,1-4H3,(H,36,46)(H,37,47)/b38-22-,39-23+/t26-,27-/m0/s1. The Labute approximate surface area is 311 Å². The molecule has 0 spiro atoms. The lowest BCUT2D eigenvalue weighted by atomic mass is 9.87. The quantitative estimate of drug-likeness (QED) is 0.0506. The topological polar surface area (TPSA) is 280 Å². The van der Waals surface area contributed by atoms with Crippen LogP contribution in [0.3, 0.4) is 0 Å². The van der Waals surface area contributed by atoms with E-state index in [0.717, 1.165) is 36.4 Å². The van der Waals surface area contributed by atoms with E-state index < -0.39 is 66.1 Å². The maximum atomic E-state index is 14.1. The Morgan fingerprint density at radius 3 is 1.25 bits per heavy atom. The van der Waals surface area contributed by atoms with Crippen LogP contribution in [0.25, 0.3) is 0 Å². The van der Waals surface area contributed by atoms with Crippen LogP contribution in [0.2, 0.25) is 0 Å². The van der Waals surface area contributed by atoms with Crippen molar-refractivity contribution in [2.24, 2.45) is 22.0 Å². The van der Waals surface area contributed by atoms with E-state index in [4.69, 9.17) is 0 Å². The number of rotatable bonds is 16. The summed E-state index contributed by atoms with van der Waals surface area (Å²) in [5.41, 5.74) is 4.63. The van der Waals surface area contributed by atoms with Crippen molar-refractivity contribution in [1.82, 2.24) is 0 Å². The van der Waals surface area contributed by atoms with E-state index in [0.29, 0.717) is 22.5 Å². The largest absolute Gasteiger partial charge is 0.325 e. The van der Waals surface area contributed by atoms with Crippen LogP contribution in [0.1, 0.15) is 31.4 Å². The van der Waals surface area contributed by atoms with Crippen molar-refractivity contribution >= 4 is 68.7 Å². The number of hydrogen-bond acceptors (Lipinski definition) is 14. The van der Waals surface area contributed by atoms with Gasteiger partial charge in [-0.1, -0.05) is 36.4 Å². The van der Waals surface area contributed by atoms with E-state index in [2.05, 4.69) is 31.7 Å². The molecule has 0 fully saturated rings. The van der Waals surface area contributed by atoms with Gasteiger partial charge in [-0.2, -0.15) is 10.2 Å². The molecule has 0 aliphatic carbocycles. The molecule has 2 atom stereocenters. The number of aryl methyl sites for hydroxylation is 2. The van der Waals surface area contributed by atoms with Gasteiger partial charge in [0, 0.05) is 34.9 Å². The molecule has 0 saturated carbocycles. The van der Waals surface area contributed by atoms with E-state index >= 15 is 0 Å². The van der Waals surface area contributed by atoms with E-state index in [1.807, 2.05) is 0 Å². The van der Waals surface area contributed by atoms with Gasteiger partial charge in [0.1, 0.15) is 11.4 Å². The van der Waals surface area contributed by atoms with Crippen LogP contribution in [-0.4, -0.2) is 42.9 Å². The molecular weight excluding hydrogens is 720 g/mol. The number of nitro groups is 4.